The first-order valence-electron chi connectivity index (χ1n) is 7.94. The fourth-order valence-electron chi connectivity index (χ4n) is 3.13. The van der Waals surface area contributed by atoms with E-state index in [0.717, 1.165) is 6.07 Å². The monoisotopic (exact) mass is 378 g/mol. The van der Waals surface area contributed by atoms with Crippen molar-refractivity contribution in [3.05, 3.63) is 59.0 Å². The third-order valence-corrected chi connectivity index (χ3v) is 4.31. The van der Waals surface area contributed by atoms with Crippen LogP contribution in [0.4, 0.5) is 26.3 Å². The summed E-state index contributed by atoms with van der Waals surface area (Å²) in [5.74, 6) is 0.261. The maximum atomic E-state index is 13.6. The van der Waals surface area contributed by atoms with E-state index in [0.29, 0.717) is 32.2 Å². The Hall–Kier alpha value is -2.00. The fourth-order valence-corrected chi connectivity index (χ4v) is 3.13. The van der Waals surface area contributed by atoms with Crippen LogP contribution < -0.4 is 5.32 Å². The van der Waals surface area contributed by atoms with Gasteiger partial charge in [0.2, 0.25) is 0 Å². The summed E-state index contributed by atoms with van der Waals surface area (Å²) in [6, 6.07) is 3.93. The number of alkyl halides is 6. The molecule has 1 aromatic carbocycles. The van der Waals surface area contributed by atoms with Crippen LogP contribution in [0.25, 0.3) is 0 Å². The summed E-state index contributed by atoms with van der Waals surface area (Å²) in [5, 5.41) is 3.10. The number of rotatable bonds is 3. The van der Waals surface area contributed by atoms with Gasteiger partial charge in [-0.15, -0.1) is 0 Å². The molecule has 26 heavy (non-hydrogen) atoms. The highest BCUT2D eigenvalue weighted by Crippen LogP contribution is 2.42. The van der Waals surface area contributed by atoms with Crippen molar-refractivity contribution in [2.75, 3.05) is 26.2 Å². The first-order chi connectivity index (χ1) is 12.2. The second-order valence-electron chi connectivity index (χ2n) is 6.00. The van der Waals surface area contributed by atoms with Crippen molar-refractivity contribution in [3.8, 4) is 0 Å². The van der Waals surface area contributed by atoms with Gasteiger partial charge >= 0.3 is 12.4 Å². The minimum Gasteiger partial charge on any atom is -0.467 e. The second-order valence-corrected chi connectivity index (χ2v) is 6.00. The van der Waals surface area contributed by atoms with E-state index in [2.05, 4.69) is 5.32 Å². The predicted octanol–water partition coefficient (Wildman–Crippen LogP) is 4.31. The van der Waals surface area contributed by atoms with Gasteiger partial charge in [-0.1, -0.05) is 6.07 Å². The quantitative estimate of drug-likeness (QED) is 0.807. The highest BCUT2D eigenvalue weighted by molar-refractivity contribution is 5.40. The van der Waals surface area contributed by atoms with E-state index < -0.39 is 29.5 Å². The SMILES string of the molecule is FC(F)(F)c1ccc([C@@H](c2ccco2)N2CCNCC2)c(C(F)(F)F)c1. The zero-order valence-electron chi connectivity index (χ0n) is 13.5. The van der Waals surface area contributed by atoms with Crippen molar-refractivity contribution >= 4 is 0 Å². The summed E-state index contributed by atoms with van der Waals surface area (Å²) >= 11 is 0. The van der Waals surface area contributed by atoms with Crippen LogP contribution in [0.2, 0.25) is 0 Å². The van der Waals surface area contributed by atoms with Crippen LogP contribution in [-0.4, -0.2) is 31.1 Å². The molecule has 3 rings (SSSR count). The third-order valence-electron chi connectivity index (χ3n) is 4.31. The molecule has 3 nitrogen and oxygen atoms in total. The topological polar surface area (TPSA) is 28.4 Å². The van der Waals surface area contributed by atoms with E-state index >= 15 is 0 Å². The highest BCUT2D eigenvalue weighted by Gasteiger charge is 2.41. The van der Waals surface area contributed by atoms with Gasteiger partial charge in [-0.05, 0) is 29.8 Å². The normalized spacial score (nSPS) is 18.1. The number of nitrogens with zero attached hydrogens (tertiary/aromatic N) is 1. The number of halogens is 6. The molecular weight excluding hydrogens is 362 g/mol. The third kappa shape index (κ3) is 3.88. The lowest BCUT2D eigenvalue weighted by Gasteiger charge is -2.35. The van der Waals surface area contributed by atoms with E-state index in [1.54, 1.807) is 11.0 Å². The average molecular weight is 378 g/mol. The van der Waals surface area contributed by atoms with Crippen LogP contribution in [0, 0.1) is 0 Å². The van der Waals surface area contributed by atoms with Gasteiger partial charge < -0.3 is 9.73 Å². The van der Waals surface area contributed by atoms with Gasteiger partial charge in [-0.2, -0.15) is 26.3 Å². The average Bonchev–Trinajstić information content (AvgIpc) is 3.08. The molecule has 0 radical (unpaired) electrons. The van der Waals surface area contributed by atoms with Crippen LogP contribution in [0.15, 0.2) is 41.0 Å². The molecule has 1 atom stereocenters. The number of nitrogens with one attached hydrogen (secondary N) is 1. The van der Waals surface area contributed by atoms with Crippen molar-refractivity contribution in [2.45, 2.75) is 18.4 Å². The lowest BCUT2D eigenvalue weighted by atomic mass is 9.94. The Balaban J connectivity index is 2.14. The Labute approximate surface area is 145 Å². The summed E-state index contributed by atoms with van der Waals surface area (Å²) in [6.45, 7) is 2.03. The van der Waals surface area contributed by atoms with Crippen molar-refractivity contribution in [2.24, 2.45) is 0 Å². The first kappa shape index (κ1) is 18.8. The van der Waals surface area contributed by atoms with E-state index in [1.165, 1.54) is 12.3 Å². The molecule has 0 amide bonds. The van der Waals surface area contributed by atoms with Gasteiger partial charge in [0.1, 0.15) is 5.76 Å². The van der Waals surface area contributed by atoms with Crippen LogP contribution >= 0.6 is 0 Å². The van der Waals surface area contributed by atoms with E-state index in [4.69, 9.17) is 4.42 Å². The molecular formula is C17H16F6N2O. The van der Waals surface area contributed by atoms with Gasteiger partial charge in [-0.25, -0.2) is 0 Å². The molecule has 1 aliphatic rings. The fraction of sp³-hybridized carbons (Fsp3) is 0.412. The van der Waals surface area contributed by atoms with Crippen molar-refractivity contribution in [1.82, 2.24) is 10.2 Å². The Morgan fingerprint density at radius 3 is 2.19 bits per heavy atom. The number of furan rings is 1. The van der Waals surface area contributed by atoms with Gasteiger partial charge in [0.15, 0.2) is 0 Å². The Kier molecular flexibility index (Phi) is 5.03. The summed E-state index contributed by atoms with van der Waals surface area (Å²) in [5.41, 5.74) is -2.87. The minimum absolute atomic E-state index is 0.174. The molecule has 1 saturated heterocycles. The maximum absolute atomic E-state index is 13.6. The minimum atomic E-state index is -4.92. The molecule has 1 aliphatic heterocycles. The number of hydrogen-bond acceptors (Lipinski definition) is 3. The zero-order chi connectivity index (χ0) is 18.9. The van der Waals surface area contributed by atoms with Gasteiger partial charge in [0, 0.05) is 26.2 Å². The number of benzene rings is 1. The zero-order valence-corrected chi connectivity index (χ0v) is 13.5. The summed E-state index contributed by atoms with van der Waals surface area (Å²) in [7, 11) is 0. The van der Waals surface area contributed by atoms with Gasteiger partial charge in [0.05, 0.1) is 23.4 Å². The molecule has 9 heteroatoms. The van der Waals surface area contributed by atoms with E-state index in [1.807, 2.05) is 0 Å². The van der Waals surface area contributed by atoms with Crippen molar-refractivity contribution in [1.29, 1.82) is 0 Å². The van der Waals surface area contributed by atoms with Crippen LogP contribution in [0.3, 0.4) is 0 Å². The first-order valence-corrected chi connectivity index (χ1v) is 7.94. The van der Waals surface area contributed by atoms with E-state index in [-0.39, 0.29) is 17.4 Å². The van der Waals surface area contributed by atoms with Crippen LogP contribution in [0.5, 0.6) is 0 Å². The molecule has 1 N–H and O–H groups in total. The lowest BCUT2D eigenvalue weighted by molar-refractivity contribution is -0.143. The molecule has 2 aromatic rings. The Morgan fingerprint density at radius 1 is 0.962 bits per heavy atom. The molecule has 0 saturated carbocycles. The molecule has 0 aliphatic carbocycles. The molecule has 0 bridgehead atoms. The standard InChI is InChI=1S/C17H16F6N2O/c18-16(19,20)11-3-4-12(13(10-11)17(21,22)23)15(14-2-1-9-26-14)25-7-5-24-6-8-25/h1-4,9-10,15,24H,5-8H2/t15-/m0/s1. The molecule has 142 valence electrons. The molecule has 1 aromatic heterocycles. The number of hydrogen-bond donors (Lipinski definition) is 1. The molecule has 0 unspecified atom stereocenters. The highest BCUT2D eigenvalue weighted by atomic mass is 19.4. The number of piperazine rings is 1. The Morgan fingerprint density at radius 2 is 1.65 bits per heavy atom. The maximum Gasteiger partial charge on any atom is 0.416 e. The van der Waals surface area contributed by atoms with Crippen molar-refractivity contribution in [3.63, 3.8) is 0 Å². The smallest absolute Gasteiger partial charge is 0.416 e. The van der Waals surface area contributed by atoms with Gasteiger partial charge in [0.25, 0.3) is 0 Å². The summed E-state index contributed by atoms with van der Waals surface area (Å²) in [4.78, 5) is 1.77. The van der Waals surface area contributed by atoms with Crippen LogP contribution in [0.1, 0.15) is 28.5 Å². The molecule has 0 spiro atoms. The molecule has 2 heterocycles. The van der Waals surface area contributed by atoms with E-state index in [9.17, 15) is 26.3 Å². The molecule has 1 fully saturated rings. The van der Waals surface area contributed by atoms with Gasteiger partial charge in [-0.3, -0.25) is 4.90 Å². The van der Waals surface area contributed by atoms with Crippen molar-refractivity contribution < 1.29 is 30.8 Å². The summed E-state index contributed by atoms with van der Waals surface area (Å²) in [6.07, 6.45) is -8.44. The van der Waals surface area contributed by atoms with Crippen LogP contribution in [-0.2, 0) is 12.4 Å². The largest absolute Gasteiger partial charge is 0.467 e. The predicted molar refractivity (Wildman–Crippen MR) is 81.4 cm³/mol. The summed E-state index contributed by atoms with van der Waals surface area (Å²) < 4.78 is 84.7. The Bertz CT molecular complexity index is 733. The second kappa shape index (κ2) is 6.96. The lowest BCUT2D eigenvalue weighted by Crippen LogP contribution is -2.45.